The van der Waals surface area contributed by atoms with E-state index in [1.54, 1.807) is 20.8 Å². The normalized spacial score (nSPS) is 17.3. The molecule has 0 aromatic rings. The number of likely N-dealkylation sites (tertiary alicyclic amines) is 1. The summed E-state index contributed by atoms with van der Waals surface area (Å²) in [6, 6.07) is -8.15. The molecule has 0 aromatic carbocycles. The van der Waals surface area contributed by atoms with E-state index in [-0.39, 0.29) is 31.7 Å². The molecule has 7 atom stereocenters. The third kappa shape index (κ3) is 14.5. The molecular weight excluding hydrogens is 690 g/mol. The van der Waals surface area contributed by atoms with Crippen molar-refractivity contribution in [2.45, 2.75) is 109 Å². The van der Waals surface area contributed by atoms with E-state index in [4.69, 9.17) is 17.2 Å². The molecule has 0 bridgehead atoms. The first-order valence-electron chi connectivity index (χ1n) is 16.7. The second-order valence-electron chi connectivity index (χ2n) is 12.9. The van der Waals surface area contributed by atoms with Crippen molar-refractivity contribution in [3.63, 3.8) is 0 Å². The van der Waals surface area contributed by atoms with E-state index in [0.717, 1.165) is 4.90 Å². The van der Waals surface area contributed by atoms with Gasteiger partial charge in [0.05, 0.1) is 25.4 Å². The number of carbonyl (C=O) groups is 10. The number of primary amides is 2. The Hall–Kier alpha value is -5.34. The summed E-state index contributed by atoms with van der Waals surface area (Å²) in [7, 11) is 0. The number of aliphatic carboxylic acids is 2. The number of rotatable bonds is 22. The molecule has 0 spiro atoms. The van der Waals surface area contributed by atoms with Gasteiger partial charge in [-0.3, -0.25) is 43.2 Å². The molecule has 1 saturated heterocycles. The molecule has 1 rings (SSSR count). The summed E-state index contributed by atoms with van der Waals surface area (Å²) in [6.07, 6.45) is -1.12. The van der Waals surface area contributed by atoms with Gasteiger partial charge in [0.2, 0.25) is 47.3 Å². The van der Waals surface area contributed by atoms with E-state index in [0.29, 0.717) is 12.8 Å². The van der Waals surface area contributed by atoms with E-state index in [9.17, 15) is 58.2 Å². The fourth-order valence-electron chi connectivity index (χ4n) is 5.19. The van der Waals surface area contributed by atoms with E-state index >= 15 is 0 Å². The van der Waals surface area contributed by atoms with Gasteiger partial charge in [0.15, 0.2) is 0 Å². The molecule has 0 saturated carbocycles. The molecule has 52 heavy (non-hydrogen) atoms. The zero-order valence-corrected chi connectivity index (χ0v) is 29.6. The number of carboxylic acid groups (broad SMARTS) is 2. The largest absolute Gasteiger partial charge is 0.481 e. The molecule has 0 radical (unpaired) electrons. The lowest BCUT2D eigenvalue weighted by Gasteiger charge is -2.31. The number of nitrogens with one attached hydrogen (secondary N) is 5. The van der Waals surface area contributed by atoms with Crippen LogP contribution in [-0.4, -0.2) is 124 Å². The second-order valence-corrected chi connectivity index (χ2v) is 12.9. The third-order valence-electron chi connectivity index (χ3n) is 8.41. The lowest BCUT2D eigenvalue weighted by Crippen LogP contribution is -2.60. The molecule has 292 valence electrons. The Labute approximate surface area is 299 Å². The van der Waals surface area contributed by atoms with Gasteiger partial charge in [-0.1, -0.05) is 34.1 Å². The zero-order chi connectivity index (χ0) is 39.9. The minimum absolute atomic E-state index is 0.0473. The van der Waals surface area contributed by atoms with Gasteiger partial charge in [-0.25, -0.2) is 4.79 Å². The third-order valence-corrected chi connectivity index (χ3v) is 8.41. The van der Waals surface area contributed by atoms with E-state index in [1.165, 1.54) is 0 Å². The SMILES string of the molecule is CC[C@H](C)[C@H](N)C(=O)N[C@@H](CC(=O)O)C(=O)N1CCC[C@H]1C(=O)N[C@H](C(=O)N[C@@H](CC(N)=O)C(=O)NCC(=O)N[C@@H](CCC(N)=O)C(=O)O)C(C)C. The minimum atomic E-state index is -1.63. The molecule has 21 nitrogen and oxygen atoms in total. The van der Waals surface area contributed by atoms with Crippen LogP contribution in [0.15, 0.2) is 0 Å². The highest BCUT2D eigenvalue weighted by atomic mass is 16.4. The Morgan fingerprint density at radius 3 is 1.92 bits per heavy atom. The lowest BCUT2D eigenvalue weighted by atomic mass is 9.98. The van der Waals surface area contributed by atoms with Crippen LogP contribution in [0.5, 0.6) is 0 Å². The first-order valence-corrected chi connectivity index (χ1v) is 16.7. The Morgan fingerprint density at radius 1 is 0.788 bits per heavy atom. The van der Waals surface area contributed by atoms with E-state index < -0.39 is 121 Å². The van der Waals surface area contributed by atoms with Crippen LogP contribution >= 0.6 is 0 Å². The molecule has 1 heterocycles. The minimum Gasteiger partial charge on any atom is -0.481 e. The van der Waals surface area contributed by atoms with Gasteiger partial charge in [-0.05, 0) is 31.1 Å². The average Bonchev–Trinajstić information content (AvgIpc) is 3.55. The van der Waals surface area contributed by atoms with Crippen LogP contribution < -0.4 is 43.8 Å². The Balaban J connectivity index is 3.06. The summed E-state index contributed by atoms with van der Waals surface area (Å²) in [6.45, 7) is 5.91. The molecule has 21 heteroatoms. The number of hydrogen-bond donors (Lipinski definition) is 10. The summed E-state index contributed by atoms with van der Waals surface area (Å²) < 4.78 is 0. The Bertz CT molecular complexity index is 1370. The number of carboxylic acids is 2. The number of amides is 8. The van der Waals surface area contributed by atoms with Crippen molar-refractivity contribution in [2.75, 3.05) is 13.1 Å². The fourth-order valence-corrected chi connectivity index (χ4v) is 5.19. The number of nitrogens with zero attached hydrogens (tertiary/aromatic N) is 1. The number of nitrogens with two attached hydrogens (primary N) is 3. The standard InChI is InChI=1S/C31H51N9O12/c1-5-15(4)24(34)28(48)38-18(12-23(44)45)30(50)40-10-6-7-19(40)27(47)39-25(14(2)3)29(49)37-17(11-21(33)42)26(46)35-13-22(43)36-16(31(51)52)8-9-20(32)41/h14-19,24-25H,5-13,34H2,1-4H3,(H2,32,41)(H2,33,42)(H,35,46)(H,36,43)(H,37,49)(H,38,48)(H,39,47)(H,44,45)(H,51,52)/t15-,16-,17-,18-,19-,24-,25-/m0/s1. The Morgan fingerprint density at radius 2 is 1.40 bits per heavy atom. The van der Waals surface area contributed by atoms with Crippen molar-refractivity contribution in [1.29, 1.82) is 0 Å². The lowest BCUT2D eigenvalue weighted by molar-refractivity contribution is -0.146. The van der Waals surface area contributed by atoms with E-state index in [2.05, 4.69) is 26.6 Å². The average molecular weight is 742 g/mol. The summed E-state index contributed by atoms with van der Waals surface area (Å²) in [5.74, 6) is -10.8. The van der Waals surface area contributed by atoms with Crippen molar-refractivity contribution < 1.29 is 58.2 Å². The summed E-state index contributed by atoms with van der Waals surface area (Å²) in [4.78, 5) is 125. The van der Waals surface area contributed by atoms with Crippen LogP contribution in [0.25, 0.3) is 0 Å². The van der Waals surface area contributed by atoms with Crippen molar-refractivity contribution in [3.05, 3.63) is 0 Å². The first kappa shape index (κ1) is 44.7. The molecule has 1 aliphatic heterocycles. The van der Waals surface area contributed by atoms with Gasteiger partial charge >= 0.3 is 11.9 Å². The number of hydrogen-bond acceptors (Lipinski definition) is 11. The fraction of sp³-hybridized carbons (Fsp3) is 0.677. The summed E-state index contributed by atoms with van der Waals surface area (Å²) in [5, 5.41) is 30.2. The molecule has 0 aromatic heterocycles. The molecule has 0 aliphatic carbocycles. The van der Waals surface area contributed by atoms with Gasteiger partial charge < -0.3 is 58.9 Å². The molecular formula is C31H51N9O12. The number of carbonyl (C=O) groups excluding carboxylic acids is 8. The maximum absolute atomic E-state index is 13.5. The van der Waals surface area contributed by atoms with Crippen LogP contribution in [0, 0.1) is 11.8 Å². The van der Waals surface area contributed by atoms with Crippen LogP contribution in [0.3, 0.4) is 0 Å². The van der Waals surface area contributed by atoms with Gasteiger partial charge in [0.25, 0.3) is 0 Å². The molecule has 0 unspecified atom stereocenters. The molecule has 13 N–H and O–H groups in total. The summed E-state index contributed by atoms with van der Waals surface area (Å²) in [5.41, 5.74) is 16.2. The van der Waals surface area contributed by atoms with Gasteiger partial charge in [0, 0.05) is 13.0 Å². The summed E-state index contributed by atoms with van der Waals surface area (Å²) >= 11 is 0. The predicted molar refractivity (Wildman–Crippen MR) is 180 cm³/mol. The maximum atomic E-state index is 13.5. The Kier molecular flexibility index (Phi) is 18.2. The van der Waals surface area contributed by atoms with Crippen molar-refractivity contribution >= 4 is 59.2 Å². The quantitative estimate of drug-likeness (QED) is 0.0503. The highest BCUT2D eigenvalue weighted by molar-refractivity contribution is 5.98. The highest BCUT2D eigenvalue weighted by Crippen LogP contribution is 2.20. The van der Waals surface area contributed by atoms with Crippen LogP contribution in [0.2, 0.25) is 0 Å². The van der Waals surface area contributed by atoms with Gasteiger partial charge in [-0.2, -0.15) is 0 Å². The van der Waals surface area contributed by atoms with Crippen LogP contribution in [0.4, 0.5) is 0 Å². The van der Waals surface area contributed by atoms with Crippen LogP contribution in [0.1, 0.15) is 72.6 Å². The molecule has 1 aliphatic rings. The topological polar surface area (TPSA) is 353 Å². The second kappa shape index (κ2) is 21.1. The van der Waals surface area contributed by atoms with Gasteiger partial charge in [-0.15, -0.1) is 0 Å². The first-order chi connectivity index (χ1) is 24.2. The van der Waals surface area contributed by atoms with Crippen molar-refractivity contribution in [3.8, 4) is 0 Å². The monoisotopic (exact) mass is 741 g/mol. The van der Waals surface area contributed by atoms with Crippen molar-refractivity contribution in [1.82, 2.24) is 31.5 Å². The van der Waals surface area contributed by atoms with Gasteiger partial charge in [0.1, 0.15) is 30.2 Å². The van der Waals surface area contributed by atoms with Crippen LogP contribution in [-0.2, 0) is 47.9 Å². The van der Waals surface area contributed by atoms with Crippen molar-refractivity contribution in [2.24, 2.45) is 29.0 Å². The van der Waals surface area contributed by atoms with E-state index in [1.807, 2.05) is 6.92 Å². The zero-order valence-electron chi connectivity index (χ0n) is 29.6. The smallest absolute Gasteiger partial charge is 0.326 e. The molecule has 8 amide bonds. The maximum Gasteiger partial charge on any atom is 0.326 e. The molecule has 1 fully saturated rings. The highest BCUT2D eigenvalue weighted by Gasteiger charge is 2.41. The predicted octanol–water partition coefficient (Wildman–Crippen LogP) is -4.24.